The highest BCUT2D eigenvalue weighted by Gasteiger charge is 2.20. The van der Waals surface area contributed by atoms with Crippen LogP contribution in [0.4, 0.5) is 0 Å². The Hall–Kier alpha value is -0.950. The molecule has 0 aromatic heterocycles. The second kappa shape index (κ2) is 9.89. The Morgan fingerprint density at radius 1 is 1.38 bits per heavy atom. The zero-order chi connectivity index (χ0) is 14.2. The number of morpholine rings is 1. The summed E-state index contributed by atoms with van der Waals surface area (Å²) in [7, 11) is -0.959. The van der Waals surface area contributed by atoms with Crippen LogP contribution >= 0.6 is 12.4 Å². The van der Waals surface area contributed by atoms with Crippen molar-refractivity contribution in [2.45, 2.75) is 11.8 Å². The van der Waals surface area contributed by atoms with E-state index in [1.54, 1.807) is 0 Å². The molecule has 2 rings (SSSR count). The molecule has 1 aromatic carbocycles. The van der Waals surface area contributed by atoms with Crippen LogP contribution in [0.2, 0.25) is 0 Å². The Bertz CT molecular complexity index is 453. The third-order valence-corrected chi connectivity index (χ3v) is 4.35. The SMILES string of the molecule is Cl.O=C(NCCS(=O)Cc1ccccc1)C1COCCN1. The van der Waals surface area contributed by atoms with Crippen molar-refractivity contribution >= 4 is 29.1 Å². The average molecular weight is 333 g/mol. The number of rotatable bonds is 6. The van der Waals surface area contributed by atoms with Crippen molar-refractivity contribution in [3.8, 4) is 0 Å². The van der Waals surface area contributed by atoms with E-state index >= 15 is 0 Å². The van der Waals surface area contributed by atoms with Gasteiger partial charge in [0.25, 0.3) is 0 Å². The molecule has 2 N–H and O–H groups in total. The van der Waals surface area contributed by atoms with Gasteiger partial charge in [0.2, 0.25) is 5.91 Å². The molecule has 1 aliphatic heterocycles. The van der Waals surface area contributed by atoms with Gasteiger partial charge < -0.3 is 15.4 Å². The quantitative estimate of drug-likeness (QED) is 0.794. The minimum absolute atomic E-state index is 0. The lowest BCUT2D eigenvalue weighted by Crippen LogP contribution is -2.51. The van der Waals surface area contributed by atoms with Gasteiger partial charge in [0, 0.05) is 35.4 Å². The maximum Gasteiger partial charge on any atom is 0.239 e. The molecule has 21 heavy (non-hydrogen) atoms. The van der Waals surface area contributed by atoms with Crippen LogP contribution in [0.5, 0.6) is 0 Å². The summed E-state index contributed by atoms with van der Waals surface area (Å²) in [4.78, 5) is 11.8. The van der Waals surface area contributed by atoms with Gasteiger partial charge in [-0.2, -0.15) is 0 Å². The van der Waals surface area contributed by atoms with E-state index in [4.69, 9.17) is 4.74 Å². The van der Waals surface area contributed by atoms with Crippen LogP contribution in [-0.4, -0.2) is 48.2 Å². The molecule has 0 bridgehead atoms. The van der Waals surface area contributed by atoms with E-state index in [0.29, 0.717) is 37.8 Å². The molecule has 0 spiro atoms. The second-order valence-corrected chi connectivity index (χ2v) is 6.22. The molecule has 7 heteroatoms. The summed E-state index contributed by atoms with van der Waals surface area (Å²) in [5.41, 5.74) is 1.06. The average Bonchev–Trinajstić information content (AvgIpc) is 2.49. The fraction of sp³-hybridized carbons (Fsp3) is 0.500. The summed E-state index contributed by atoms with van der Waals surface area (Å²) in [6.45, 7) is 2.16. The first-order valence-electron chi connectivity index (χ1n) is 6.73. The highest BCUT2D eigenvalue weighted by Crippen LogP contribution is 2.02. The monoisotopic (exact) mass is 332 g/mol. The fourth-order valence-corrected chi connectivity index (χ4v) is 3.02. The molecule has 5 nitrogen and oxygen atoms in total. The van der Waals surface area contributed by atoms with E-state index in [2.05, 4.69) is 10.6 Å². The fourth-order valence-electron chi connectivity index (χ4n) is 1.98. The Kier molecular flexibility index (Phi) is 8.52. The van der Waals surface area contributed by atoms with Crippen molar-refractivity contribution in [1.29, 1.82) is 0 Å². The van der Waals surface area contributed by atoms with Crippen molar-refractivity contribution in [3.63, 3.8) is 0 Å². The maximum absolute atomic E-state index is 11.9. The van der Waals surface area contributed by atoms with E-state index in [1.165, 1.54) is 0 Å². The summed E-state index contributed by atoms with van der Waals surface area (Å²) in [5, 5.41) is 5.88. The number of carbonyl (C=O) groups excluding carboxylic acids is 1. The normalized spacial score (nSPS) is 19.3. The largest absolute Gasteiger partial charge is 0.378 e. The van der Waals surface area contributed by atoms with Crippen LogP contribution in [0.25, 0.3) is 0 Å². The topological polar surface area (TPSA) is 67.4 Å². The van der Waals surface area contributed by atoms with Crippen molar-refractivity contribution in [2.75, 3.05) is 32.1 Å². The molecule has 118 valence electrons. The number of halogens is 1. The third-order valence-electron chi connectivity index (χ3n) is 3.04. The lowest BCUT2D eigenvalue weighted by atomic mass is 10.2. The Morgan fingerprint density at radius 2 is 2.14 bits per heavy atom. The summed E-state index contributed by atoms with van der Waals surface area (Å²) in [5.74, 6) is 0.914. The third kappa shape index (κ3) is 6.56. The number of nitrogens with one attached hydrogen (secondary N) is 2. The van der Waals surface area contributed by atoms with Crippen molar-refractivity contribution in [1.82, 2.24) is 10.6 Å². The number of hydrogen-bond acceptors (Lipinski definition) is 4. The van der Waals surface area contributed by atoms with Gasteiger partial charge >= 0.3 is 0 Å². The second-order valence-electron chi connectivity index (χ2n) is 4.65. The molecule has 2 unspecified atom stereocenters. The molecule has 1 saturated heterocycles. The van der Waals surface area contributed by atoms with E-state index in [1.807, 2.05) is 30.3 Å². The van der Waals surface area contributed by atoms with Gasteiger partial charge in [0.1, 0.15) is 6.04 Å². The lowest BCUT2D eigenvalue weighted by molar-refractivity contribution is -0.125. The summed E-state index contributed by atoms with van der Waals surface area (Å²) in [6.07, 6.45) is 0. The Labute approximate surface area is 133 Å². The van der Waals surface area contributed by atoms with Crippen LogP contribution in [0.15, 0.2) is 30.3 Å². The van der Waals surface area contributed by atoms with Gasteiger partial charge in [-0.3, -0.25) is 9.00 Å². The molecule has 1 aliphatic rings. The molecule has 1 aromatic rings. The molecule has 1 heterocycles. The van der Waals surface area contributed by atoms with Gasteiger partial charge in [-0.1, -0.05) is 30.3 Å². The number of benzene rings is 1. The summed E-state index contributed by atoms with van der Waals surface area (Å²) < 4.78 is 17.1. The zero-order valence-corrected chi connectivity index (χ0v) is 13.4. The summed E-state index contributed by atoms with van der Waals surface area (Å²) in [6, 6.07) is 9.43. The van der Waals surface area contributed by atoms with Gasteiger partial charge in [0.05, 0.1) is 13.2 Å². The lowest BCUT2D eigenvalue weighted by Gasteiger charge is -2.22. The molecule has 0 aliphatic carbocycles. The van der Waals surface area contributed by atoms with Crippen molar-refractivity contribution in [2.24, 2.45) is 0 Å². The van der Waals surface area contributed by atoms with Gasteiger partial charge in [0.15, 0.2) is 0 Å². The molecule has 1 fully saturated rings. The molecule has 0 radical (unpaired) electrons. The van der Waals surface area contributed by atoms with Gasteiger partial charge in [-0.15, -0.1) is 12.4 Å². The number of amides is 1. The predicted octanol–water partition coefficient (Wildman–Crippen LogP) is 0.462. The van der Waals surface area contributed by atoms with Gasteiger partial charge in [-0.05, 0) is 5.56 Å². The number of carbonyl (C=O) groups is 1. The summed E-state index contributed by atoms with van der Waals surface area (Å²) >= 11 is 0. The van der Waals surface area contributed by atoms with Crippen LogP contribution < -0.4 is 10.6 Å². The predicted molar refractivity (Wildman–Crippen MR) is 86.0 cm³/mol. The first-order valence-corrected chi connectivity index (χ1v) is 8.22. The van der Waals surface area contributed by atoms with Crippen LogP contribution in [0.1, 0.15) is 5.56 Å². The zero-order valence-electron chi connectivity index (χ0n) is 11.7. The highest BCUT2D eigenvalue weighted by molar-refractivity contribution is 7.84. The number of ether oxygens (including phenoxy) is 1. The first-order chi connectivity index (χ1) is 9.75. The van der Waals surface area contributed by atoms with Crippen molar-refractivity contribution in [3.05, 3.63) is 35.9 Å². The number of hydrogen-bond donors (Lipinski definition) is 2. The molecular formula is C14H21ClN2O3S. The highest BCUT2D eigenvalue weighted by atomic mass is 35.5. The Balaban J connectivity index is 0.00000220. The molecule has 2 atom stereocenters. The van der Waals surface area contributed by atoms with Crippen LogP contribution in [-0.2, 0) is 26.1 Å². The molecular weight excluding hydrogens is 312 g/mol. The Morgan fingerprint density at radius 3 is 2.81 bits per heavy atom. The maximum atomic E-state index is 11.9. The van der Waals surface area contributed by atoms with E-state index < -0.39 is 10.8 Å². The standard InChI is InChI=1S/C14H20N2O3S.ClH/c17-14(13-10-19-8-6-15-13)16-7-9-20(18)11-12-4-2-1-3-5-12;/h1-5,13,15H,6-11H2,(H,16,17);1H. The minimum atomic E-state index is -0.959. The molecule has 1 amide bonds. The smallest absolute Gasteiger partial charge is 0.239 e. The van der Waals surface area contributed by atoms with Crippen LogP contribution in [0, 0.1) is 0 Å². The van der Waals surface area contributed by atoms with Crippen molar-refractivity contribution < 1.29 is 13.7 Å². The minimum Gasteiger partial charge on any atom is -0.378 e. The van der Waals surface area contributed by atoms with Gasteiger partial charge in [-0.25, -0.2) is 0 Å². The molecule has 0 saturated carbocycles. The first kappa shape index (κ1) is 18.1. The van der Waals surface area contributed by atoms with E-state index in [-0.39, 0.29) is 24.4 Å². The van der Waals surface area contributed by atoms with Crippen LogP contribution in [0.3, 0.4) is 0 Å². The van der Waals surface area contributed by atoms with E-state index in [9.17, 15) is 9.00 Å². The van der Waals surface area contributed by atoms with E-state index in [0.717, 1.165) is 5.56 Å².